The highest BCUT2D eigenvalue weighted by Gasteiger charge is 2.25. The maximum atomic E-state index is 12.8. The molecular formula is C23H19ClFN3O. The highest BCUT2D eigenvalue weighted by molar-refractivity contribution is 6.30. The predicted octanol–water partition coefficient (Wildman–Crippen LogP) is 5.40. The van der Waals surface area contributed by atoms with Crippen LogP contribution in [0.15, 0.2) is 65.8 Å². The van der Waals surface area contributed by atoms with E-state index in [0.29, 0.717) is 27.4 Å². The topological polar surface area (TPSA) is 69.3 Å². The van der Waals surface area contributed by atoms with E-state index in [9.17, 15) is 9.50 Å². The number of benzene rings is 2. The number of hydrogen-bond acceptors (Lipinski definition) is 4. The van der Waals surface area contributed by atoms with Crippen molar-refractivity contribution < 1.29 is 9.50 Å². The summed E-state index contributed by atoms with van der Waals surface area (Å²) < 4.78 is 12.8. The van der Waals surface area contributed by atoms with Crippen LogP contribution < -0.4 is 0 Å². The molecule has 6 heteroatoms. The summed E-state index contributed by atoms with van der Waals surface area (Å²) >= 11 is 6.21. The Kier molecular flexibility index (Phi) is 6.71. The van der Waals surface area contributed by atoms with Gasteiger partial charge in [-0.2, -0.15) is 5.26 Å². The van der Waals surface area contributed by atoms with Crippen LogP contribution in [0.5, 0.6) is 0 Å². The van der Waals surface area contributed by atoms with Crippen molar-refractivity contribution in [1.82, 2.24) is 4.98 Å². The molecule has 0 spiro atoms. The van der Waals surface area contributed by atoms with Crippen LogP contribution in [0, 0.1) is 18.3 Å². The molecule has 0 saturated heterocycles. The maximum absolute atomic E-state index is 12.8. The quantitative estimate of drug-likeness (QED) is 0.556. The van der Waals surface area contributed by atoms with Crippen LogP contribution in [0.25, 0.3) is 11.3 Å². The van der Waals surface area contributed by atoms with Crippen LogP contribution in [0.4, 0.5) is 4.39 Å². The minimum absolute atomic E-state index is 0.493. The number of aryl methyl sites for hydroxylation is 1. The van der Waals surface area contributed by atoms with E-state index in [-0.39, 0.29) is 0 Å². The van der Waals surface area contributed by atoms with Gasteiger partial charge in [0.05, 0.1) is 17.3 Å². The molecule has 1 heterocycles. The number of aliphatic hydroxyl groups is 1. The number of nitrogens with zero attached hydrogens (tertiary/aromatic N) is 3. The second-order valence-corrected chi connectivity index (χ2v) is 7.00. The van der Waals surface area contributed by atoms with Gasteiger partial charge in [-0.05, 0) is 54.4 Å². The second-order valence-electron chi connectivity index (χ2n) is 6.57. The monoisotopic (exact) mass is 407 g/mol. The van der Waals surface area contributed by atoms with E-state index in [4.69, 9.17) is 16.9 Å². The molecule has 1 aromatic heterocycles. The molecule has 4 nitrogen and oxygen atoms in total. The van der Waals surface area contributed by atoms with Crippen LogP contribution >= 0.6 is 11.6 Å². The fraction of sp³-hybridized carbons (Fsp3) is 0.174. The van der Waals surface area contributed by atoms with Crippen molar-refractivity contribution in [3.63, 3.8) is 0 Å². The average molecular weight is 408 g/mol. The highest BCUT2D eigenvalue weighted by Crippen LogP contribution is 2.37. The van der Waals surface area contributed by atoms with Gasteiger partial charge in [0.25, 0.3) is 0 Å². The third-order valence-electron chi connectivity index (χ3n) is 4.49. The first-order valence-corrected chi connectivity index (χ1v) is 9.39. The van der Waals surface area contributed by atoms with Crippen molar-refractivity contribution >= 4 is 17.8 Å². The fourth-order valence-corrected chi connectivity index (χ4v) is 3.49. The molecule has 0 amide bonds. The van der Waals surface area contributed by atoms with Gasteiger partial charge in [-0.15, -0.1) is 0 Å². The Hall–Kier alpha value is -3.07. The van der Waals surface area contributed by atoms with E-state index < -0.39 is 18.8 Å². The van der Waals surface area contributed by atoms with Crippen LogP contribution in [-0.4, -0.2) is 23.0 Å². The van der Waals surface area contributed by atoms with Gasteiger partial charge in [0.1, 0.15) is 18.8 Å². The second kappa shape index (κ2) is 9.42. The molecule has 0 bridgehead atoms. The van der Waals surface area contributed by atoms with Crippen molar-refractivity contribution in [3.8, 4) is 17.3 Å². The number of aliphatic imine (C=N–C) groups is 1. The summed E-state index contributed by atoms with van der Waals surface area (Å²) in [5, 5.41) is 20.8. The largest absolute Gasteiger partial charge is 0.386 e. The lowest BCUT2D eigenvalue weighted by Crippen LogP contribution is -2.12. The Morgan fingerprint density at radius 2 is 2.00 bits per heavy atom. The molecular weight excluding hydrogens is 389 g/mol. The Bertz CT molecular complexity index is 1040. The number of pyridine rings is 1. The number of nitriles is 1. The first-order valence-electron chi connectivity index (χ1n) is 9.01. The molecule has 2 aromatic carbocycles. The maximum Gasteiger partial charge on any atom is 0.124 e. The van der Waals surface area contributed by atoms with E-state index in [2.05, 4.69) is 16.0 Å². The first-order chi connectivity index (χ1) is 14.0. The lowest BCUT2D eigenvalue weighted by Gasteiger charge is -2.22. The summed E-state index contributed by atoms with van der Waals surface area (Å²) in [6, 6.07) is 17.1. The Balaban J connectivity index is 2.07. The number of aromatic nitrogens is 1. The molecule has 0 radical (unpaired) electrons. The Labute approximate surface area is 174 Å². The van der Waals surface area contributed by atoms with E-state index >= 15 is 0 Å². The molecule has 0 aliphatic heterocycles. The summed E-state index contributed by atoms with van der Waals surface area (Å²) in [4.78, 5) is 8.68. The van der Waals surface area contributed by atoms with Gasteiger partial charge in [-0.25, -0.2) is 4.39 Å². The summed E-state index contributed by atoms with van der Waals surface area (Å²) in [6.07, 6.45) is 1.70. The number of rotatable bonds is 6. The third kappa shape index (κ3) is 4.86. The number of halogens is 2. The lowest BCUT2D eigenvalue weighted by atomic mass is 9.92. The predicted molar refractivity (Wildman–Crippen MR) is 113 cm³/mol. The van der Waals surface area contributed by atoms with Crippen LogP contribution in [0.3, 0.4) is 0 Å². The van der Waals surface area contributed by atoms with Gasteiger partial charge in [-0.3, -0.25) is 9.98 Å². The molecule has 0 fully saturated rings. The average Bonchev–Trinajstić information content (AvgIpc) is 2.73. The smallest absolute Gasteiger partial charge is 0.124 e. The molecule has 0 saturated carbocycles. The Morgan fingerprint density at radius 3 is 2.66 bits per heavy atom. The Morgan fingerprint density at radius 1 is 1.24 bits per heavy atom. The molecule has 2 atom stereocenters. The molecule has 0 aliphatic carbocycles. The molecule has 3 aromatic rings. The van der Waals surface area contributed by atoms with Crippen molar-refractivity contribution in [2.45, 2.75) is 19.1 Å². The zero-order valence-electron chi connectivity index (χ0n) is 15.8. The van der Waals surface area contributed by atoms with Crippen molar-refractivity contribution in [2.75, 3.05) is 6.67 Å². The SMILES string of the molecule is Cc1cc(Cl)cc(-c2ncccc2[C@@H](O)[C@@H](N=CCF)c2ccc(C#N)cc2)c1. The van der Waals surface area contributed by atoms with Gasteiger partial charge >= 0.3 is 0 Å². The zero-order chi connectivity index (χ0) is 20.8. The molecule has 29 heavy (non-hydrogen) atoms. The number of hydrogen-bond donors (Lipinski definition) is 1. The summed E-state index contributed by atoms with van der Waals surface area (Å²) in [7, 11) is 0. The molecule has 146 valence electrons. The van der Waals surface area contributed by atoms with Crippen molar-refractivity contribution in [2.24, 2.45) is 4.99 Å². The third-order valence-corrected chi connectivity index (χ3v) is 4.71. The van der Waals surface area contributed by atoms with E-state index in [0.717, 1.165) is 17.3 Å². The van der Waals surface area contributed by atoms with Gasteiger partial charge in [0.15, 0.2) is 0 Å². The summed E-state index contributed by atoms with van der Waals surface area (Å²) in [5.41, 5.74) is 4.04. The minimum Gasteiger partial charge on any atom is -0.386 e. The van der Waals surface area contributed by atoms with E-state index in [1.807, 2.05) is 19.1 Å². The molecule has 0 aliphatic rings. The van der Waals surface area contributed by atoms with Gasteiger partial charge < -0.3 is 5.11 Å². The first kappa shape index (κ1) is 20.7. The van der Waals surface area contributed by atoms with E-state index in [1.165, 1.54) is 0 Å². The normalized spacial score (nSPS) is 13.2. The van der Waals surface area contributed by atoms with Crippen LogP contribution in [0.2, 0.25) is 5.02 Å². The summed E-state index contributed by atoms with van der Waals surface area (Å²) in [6.45, 7) is 1.19. The van der Waals surface area contributed by atoms with Crippen LogP contribution in [0.1, 0.15) is 34.4 Å². The van der Waals surface area contributed by atoms with Gasteiger partial charge in [0, 0.05) is 28.6 Å². The lowest BCUT2D eigenvalue weighted by molar-refractivity contribution is 0.148. The van der Waals surface area contributed by atoms with Crippen molar-refractivity contribution in [3.05, 3.63) is 88.1 Å². The van der Waals surface area contributed by atoms with Gasteiger partial charge in [0.2, 0.25) is 0 Å². The zero-order valence-corrected chi connectivity index (χ0v) is 16.5. The number of alkyl halides is 1. The summed E-state index contributed by atoms with van der Waals surface area (Å²) in [5.74, 6) is 0. The fourth-order valence-electron chi connectivity index (χ4n) is 3.20. The van der Waals surface area contributed by atoms with E-state index in [1.54, 1.807) is 48.7 Å². The number of aliphatic hydroxyl groups excluding tert-OH is 1. The van der Waals surface area contributed by atoms with Crippen LogP contribution in [-0.2, 0) is 0 Å². The molecule has 0 unspecified atom stereocenters. The minimum atomic E-state index is -1.08. The molecule has 1 N–H and O–H groups in total. The molecule has 3 rings (SSSR count). The van der Waals surface area contributed by atoms with Crippen molar-refractivity contribution in [1.29, 1.82) is 5.26 Å². The van der Waals surface area contributed by atoms with Gasteiger partial charge in [-0.1, -0.05) is 29.8 Å². The highest BCUT2D eigenvalue weighted by atomic mass is 35.5. The standard InChI is InChI=1S/C23H19ClFN3O/c1-15-11-18(13-19(24)12-15)21-20(3-2-9-27-21)23(29)22(28-10-8-25)17-6-4-16(14-26)5-7-17/h2-7,9-13,22-23,29H,8H2,1H3/t22-,23+/m0/s1.